The van der Waals surface area contributed by atoms with Crippen LogP contribution < -0.4 is 10.1 Å². The molecule has 1 saturated carbocycles. The molecule has 1 fully saturated rings. The van der Waals surface area contributed by atoms with Gasteiger partial charge < -0.3 is 19.7 Å². The van der Waals surface area contributed by atoms with E-state index in [4.69, 9.17) is 9.84 Å². The average molecular weight is 387 g/mol. The Hall–Kier alpha value is -2.01. The number of rotatable bonds is 7. The van der Waals surface area contributed by atoms with E-state index >= 15 is 0 Å². The molecule has 0 atom stereocenters. The standard InChI is InChI=1S/C23H34N2O3/c1-23(2,3)17-6-8-18(9-7-17)28-21-15-25(4)20-13-16(5-10-19(20)21)14-24-12-11-22(26)27/h5,10,13,15,17-18,24H,6-9,11-12,14H2,1-4H3,(H,26,27). The van der Waals surface area contributed by atoms with Crippen molar-refractivity contribution in [2.75, 3.05) is 6.54 Å². The van der Waals surface area contributed by atoms with Gasteiger partial charge in [-0.15, -0.1) is 0 Å². The van der Waals surface area contributed by atoms with E-state index in [9.17, 15) is 4.79 Å². The zero-order valence-electron chi connectivity index (χ0n) is 17.6. The van der Waals surface area contributed by atoms with Gasteiger partial charge in [-0.05, 0) is 54.7 Å². The van der Waals surface area contributed by atoms with E-state index in [2.05, 4.69) is 55.1 Å². The molecule has 0 saturated heterocycles. The van der Waals surface area contributed by atoms with Crippen LogP contribution in [0, 0.1) is 11.3 Å². The summed E-state index contributed by atoms with van der Waals surface area (Å²) in [4.78, 5) is 10.6. The molecule has 5 nitrogen and oxygen atoms in total. The quantitative estimate of drug-likeness (QED) is 0.676. The third-order valence-electron chi connectivity index (χ3n) is 6.06. The molecule has 0 aliphatic heterocycles. The van der Waals surface area contributed by atoms with E-state index in [0.717, 1.165) is 41.0 Å². The van der Waals surface area contributed by atoms with Crippen molar-refractivity contribution in [3.63, 3.8) is 0 Å². The molecule has 2 aromatic rings. The number of aryl methyl sites for hydroxylation is 1. The van der Waals surface area contributed by atoms with Crippen LogP contribution in [0.15, 0.2) is 24.4 Å². The van der Waals surface area contributed by atoms with Gasteiger partial charge in [0.05, 0.1) is 18.0 Å². The number of ether oxygens (including phenoxy) is 1. The lowest BCUT2D eigenvalue weighted by molar-refractivity contribution is -0.136. The molecule has 3 rings (SSSR count). The number of benzene rings is 1. The van der Waals surface area contributed by atoms with Crippen LogP contribution in [0.1, 0.15) is 58.4 Å². The second-order valence-corrected chi connectivity index (χ2v) is 9.23. The van der Waals surface area contributed by atoms with Crippen molar-refractivity contribution in [2.24, 2.45) is 18.4 Å². The smallest absolute Gasteiger partial charge is 0.304 e. The minimum Gasteiger partial charge on any atom is -0.488 e. The Kier molecular flexibility index (Phi) is 6.33. The van der Waals surface area contributed by atoms with Gasteiger partial charge in [0.15, 0.2) is 0 Å². The number of carboxylic acids is 1. The fourth-order valence-corrected chi connectivity index (χ4v) is 4.25. The van der Waals surface area contributed by atoms with Gasteiger partial charge in [-0.3, -0.25) is 4.79 Å². The van der Waals surface area contributed by atoms with E-state index in [1.807, 2.05) is 7.05 Å². The van der Waals surface area contributed by atoms with Gasteiger partial charge in [0, 0.05) is 31.7 Å². The number of aromatic nitrogens is 1. The fraction of sp³-hybridized carbons (Fsp3) is 0.609. The highest BCUT2D eigenvalue weighted by atomic mass is 16.5. The number of carboxylic acid groups (broad SMARTS) is 1. The Balaban J connectivity index is 1.63. The van der Waals surface area contributed by atoms with Crippen molar-refractivity contribution >= 4 is 16.9 Å². The predicted molar refractivity (Wildman–Crippen MR) is 113 cm³/mol. The maximum atomic E-state index is 10.6. The summed E-state index contributed by atoms with van der Waals surface area (Å²) in [7, 11) is 2.05. The molecule has 0 amide bonds. The van der Waals surface area contributed by atoms with Crippen LogP contribution in [-0.4, -0.2) is 28.3 Å². The molecule has 0 radical (unpaired) electrons. The summed E-state index contributed by atoms with van der Waals surface area (Å²) in [6, 6.07) is 6.38. The zero-order chi connectivity index (χ0) is 20.3. The Labute approximate surface area is 168 Å². The van der Waals surface area contributed by atoms with Gasteiger partial charge in [0.1, 0.15) is 5.75 Å². The molecule has 28 heavy (non-hydrogen) atoms. The fourth-order valence-electron chi connectivity index (χ4n) is 4.25. The van der Waals surface area contributed by atoms with Gasteiger partial charge in [0.2, 0.25) is 0 Å². The van der Waals surface area contributed by atoms with E-state index in [-0.39, 0.29) is 6.42 Å². The monoisotopic (exact) mass is 386 g/mol. The van der Waals surface area contributed by atoms with E-state index in [1.165, 1.54) is 12.8 Å². The summed E-state index contributed by atoms with van der Waals surface area (Å²) < 4.78 is 8.53. The maximum absolute atomic E-state index is 10.6. The Morgan fingerprint density at radius 3 is 2.61 bits per heavy atom. The van der Waals surface area contributed by atoms with Crippen LogP contribution in [0.25, 0.3) is 10.9 Å². The van der Waals surface area contributed by atoms with Crippen LogP contribution >= 0.6 is 0 Å². The van der Waals surface area contributed by atoms with Crippen molar-refractivity contribution in [1.29, 1.82) is 0 Å². The molecule has 1 aliphatic rings. The van der Waals surface area contributed by atoms with Gasteiger partial charge in [0.25, 0.3) is 0 Å². The van der Waals surface area contributed by atoms with Crippen molar-refractivity contribution in [3.05, 3.63) is 30.0 Å². The minimum atomic E-state index is -0.774. The lowest BCUT2D eigenvalue weighted by Gasteiger charge is -2.36. The molecule has 2 N–H and O–H groups in total. The molecular weight excluding hydrogens is 352 g/mol. The number of hydrogen-bond donors (Lipinski definition) is 2. The van der Waals surface area contributed by atoms with Gasteiger partial charge in [-0.2, -0.15) is 0 Å². The zero-order valence-corrected chi connectivity index (χ0v) is 17.6. The molecule has 1 aliphatic carbocycles. The molecule has 5 heteroatoms. The first-order valence-corrected chi connectivity index (χ1v) is 10.4. The van der Waals surface area contributed by atoms with Crippen molar-refractivity contribution in [3.8, 4) is 5.75 Å². The van der Waals surface area contributed by atoms with Crippen molar-refractivity contribution < 1.29 is 14.6 Å². The molecule has 154 valence electrons. The van der Waals surface area contributed by atoms with Crippen LogP contribution in [-0.2, 0) is 18.4 Å². The summed E-state index contributed by atoms with van der Waals surface area (Å²) in [5, 5.41) is 13.1. The van der Waals surface area contributed by atoms with Crippen LogP contribution in [0.2, 0.25) is 0 Å². The first-order chi connectivity index (χ1) is 13.2. The van der Waals surface area contributed by atoms with Crippen LogP contribution in [0.3, 0.4) is 0 Å². The van der Waals surface area contributed by atoms with E-state index < -0.39 is 5.97 Å². The largest absolute Gasteiger partial charge is 0.488 e. The van der Waals surface area contributed by atoms with Crippen LogP contribution in [0.5, 0.6) is 5.75 Å². The summed E-state index contributed by atoms with van der Waals surface area (Å²) in [6.45, 7) is 8.18. The first-order valence-electron chi connectivity index (χ1n) is 10.4. The molecular formula is C23H34N2O3. The summed E-state index contributed by atoms with van der Waals surface area (Å²) in [6.07, 6.45) is 7.27. The van der Waals surface area contributed by atoms with Crippen molar-refractivity contribution in [2.45, 2.75) is 65.5 Å². The lowest BCUT2D eigenvalue weighted by Crippen LogP contribution is -2.30. The van der Waals surface area contributed by atoms with Crippen LogP contribution in [0.4, 0.5) is 0 Å². The highest BCUT2D eigenvalue weighted by Gasteiger charge is 2.30. The summed E-state index contributed by atoms with van der Waals surface area (Å²) in [5.74, 6) is 0.988. The molecule has 1 aromatic heterocycles. The van der Waals surface area contributed by atoms with Gasteiger partial charge >= 0.3 is 5.97 Å². The minimum absolute atomic E-state index is 0.141. The lowest BCUT2D eigenvalue weighted by atomic mass is 9.72. The average Bonchev–Trinajstić information content (AvgIpc) is 2.93. The summed E-state index contributed by atoms with van der Waals surface area (Å²) in [5.41, 5.74) is 2.69. The Morgan fingerprint density at radius 1 is 1.25 bits per heavy atom. The number of nitrogens with one attached hydrogen (secondary N) is 1. The van der Waals surface area contributed by atoms with Gasteiger partial charge in [-0.1, -0.05) is 26.8 Å². The number of carbonyl (C=O) groups is 1. The summed E-state index contributed by atoms with van der Waals surface area (Å²) >= 11 is 0. The second kappa shape index (κ2) is 8.56. The SMILES string of the molecule is Cn1cc(OC2CCC(C(C)(C)C)CC2)c2ccc(CNCCC(=O)O)cc21. The third-order valence-corrected chi connectivity index (χ3v) is 6.06. The number of hydrogen-bond acceptors (Lipinski definition) is 3. The molecule has 1 aromatic carbocycles. The second-order valence-electron chi connectivity index (χ2n) is 9.23. The first kappa shape index (κ1) is 20.7. The van der Waals surface area contributed by atoms with Gasteiger partial charge in [-0.25, -0.2) is 0 Å². The van der Waals surface area contributed by atoms with E-state index in [0.29, 0.717) is 24.6 Å². The normalized spacial score (nSPS) is 20.4. The molecule has 0 bridgehead atoms. The maximum Gasteiger partial charge on any atom is 0.304 e. The molecule has 1 heterocycles. The third kappa shape index (κ3) is 5.07. The van der Waals surface area contributed by atoms with E-state index in [1.54, 1.807) is 0 Å². The Bertz CT molecular complexity index is 811. The molecule has 0 spiro atoms. The number of aliphatic carboxylic acids is 1. The number of nitrogens with zero attached hydrogens (tertiary/aromatic N) is 1. The highest BCUT2D eigenvalue weighted by molar-refractivity contribution is 5.87. The topological polar surface area (TPSA) is 63.5 Å². The van der Waals surface area contributed by atoms with Crippen molar-refractivity contribution in [1.82, 2.24) is 9.88 Å². The predicted octanol–water partition coefficient (Wildman–Crippen LogP) is 4.73. The molecule has 0 unspecified atom stereocenters. The Morgan fingerprint density at radius 2 is 1.96 bits per heavy atom. The number of fused-ring (bicyclic) bond motifs is 1. The highest BCUT2D eigenvalue weighted by Crippen LogP contribution is 2.39.